The Bertz CT molecular complexity index is 885. The molecule has 120 valence electrons. The van der Waals surface area contributed by atoms with Gasteiger partial charge in [-0.05, 0) is 43.0 Å². The summed E-state index contributed by atoms with van der Waals surface area (Å²) in [5.74, 6) is 0. The van der Waals surface area contributed by atoms with Gasteiger partial charge in [0.05, 0.1) is 29.5 Å². The molecule has 0 atom stereocenters. The number of aromatic nitrogens is 4. The first kappa shape index (κ1) is 14.6. The summed E-state index contributed by atoms with van der Waals surface area (Å²) in [6.45, 7) is 0. The van der Waals surface area contributed by atoms with Gasteiger partial charge in [-0.1, -0.05) is 11.2 Å². The lowest BCUT2D eigenvalue weighted by molar-refractivity contribution is 0.212. The van der Waals surface area contributed by atoms with Gasteiger partial charge in [0.25, 0.3) is 0 Å². The van der Waals surface area contributed by atoms with Crippen LogP contribution >= 0.6 is 0 Å². The molecule has 0 N–H and O–H groups in total. The lowest BCUT2D eigenvalue weighted by Crippen LogP contribution is -2.14. The van der Waals surface area contributed by atoms with E-state index >= 15 is 0 Å². The summed E-state index contributed by atoms with van der Waals surface area (Å²) >= 11 is 0. The van der Waals surface area contributed by atoms with Crippen molar-refractivity contribution in [3.05, 3.63) is 60.3 Å². The molecule has 0 aliphatic heterocycles. The first-order valence-electron chi connectivity index (χ1n) is 7.91. The van der Waals surface area contributed by atoms with E-state index in [0.717, 1.165) is 47.6 Å². The summed E-state index contributed by atoms with van der Waals surface area (Å²) in [5.41, 5.74) is 5.84. The molecule has 0 saturated carbocycles. The first-order valence-corrected chi connectivity index (χ1v) is 7.91. The van der Waals surface area contributed by atoms with Gasteiger partial charge in [-0.25, -0.2) is 9.67 Å². The fourth-order valence-corrected chi connectivity index (χ4v) is 2.95. The van der Waals surface area contributed by atoms with Gasteiger partial charge in [-0.15, -0.1) is 0 Å². The van der Waals surface area contributed by atoms with Crippen molar-refractivity contribution in [1.29, 1.82) is 0 Å². The molecule has 24 heavy (non-hydrogen) atoms. The number of oxime groups is 1. The maximum Gasteiger partial charge on any atom is 0.106 e. The molecular weight excluding hydrogens is 302 g/mol. The van der Waals surface area contributed by atoms with Crippen molar-refractivity contribution in [2.75, 3.05) is 7.11 Å². The fourth-order valence-electron chi connectivity index (χ4n) is 2.95. The Hall–Kier alpha value is -3.02. The molecule has 1 aliphatic carbocycles. The van der Waals surface area contributed by atoms with E-state index in [9.17, 15) is 0 Å². The summed E-state index contributed by atoms with van der Waals surface area (Å²) in [4.78, 5) is 13.9. The lowest BCUT2D eigenvalue weighted by Gasteiger charge is -2.16. The van der Waals surface area contributed by atoms with E-state index in [0.29, 0.717) is 0 Å². The van der Waals surface area contributed by atoms with Gasteiger partial charge in [-0.2, -0.15) is 5.10 Å². The molecule has 0 saturated heterocycles. The highest BCUT2D eigenvalue weighted by Crippen LogP contribution is 2.25. The third kappa shape index (κ3) is 2.67. The van der Waals surface area contributed by atoms with E-state index in [-0.39, 0.29) is 0 Å². The van der Waals surface area contributed by atoms with Crippen LogP contribution in [0.5, 0.6) is 0 Å². The van der Waals surface area contributed by atoms with Crippen LogP contribution in [0.15, 0.2) is 54.2 Å². The molecule has 1 aliphatic rings. The highest BCUT2D eigenvalue weighted by Gasteiger charge is 2.19. The Kier molecular flexibility index (Phi) is 3.78. The minimum absolute atomic E-state index is 0.884. The SMILES string of the molecule is CO/N=C1\CCCc2ccc(-c3cnn(-c4cccnc4)c3)nc21. The minimum atomic E-state index is 0.884. The molecule has 6 heteroatoms. The summed E-state index contributed by atoms with van der Waals surface area (Å²) in [6, 6.07) is 8.03. The molecule has 3 aromatic heterocycles. The van der Waals surface area contributed by atoms with Gasteiger partial charge in [0.2, 0.25) is 0 Å². The van der Waals surface area contributed by atoms with Crippen molar-refractivity contribution in [2.45, 2.75) is 19.3 Å². The zero-order chi connectivity index (χ0) is 16.4. The van der Waals surface area contributed by atoms with E-state index in [2.05, 4.69) is 21.3 Å². The highest BCUT2D eigenvalue weighted by molar-refractivity contribution is 6.01. The zero-order valence-electron chi connectivity index (χ0n) is 13.4. The molecule has 4 rings (SSSR count). The van der Waals surface area contributed by atoms with Gasteiger partial charge in [0.1, 0.15) is 12.8 Å². The van der Waals surface area contributed by atoms with E-state index in [1.807, 2.05) is 30.6 Å². The van der Waals surface area contributed by atoms with Crippen molar-refractivity contribution < 1.29 is 4.84 Å². The summed E-state index contributed by atoms with van der Waals surface area (Å²) < 4.78 is 1.80. The van der Waals surface area contributed by atoms with Crippen molar-refractivity contribution >= 4 is 5.71 Å². The third-order valence-electron chi connectivity index (χ3n) is 4.10. The molecule has 3 aromatic rings. The second-order valence-corrected chi connectivity index (χ2v) is 5.66. The van der Waals surface area contributed by atoms with E-state index in [1.54, 1.807) is 24.2 Å². The first-order chi connectivity index (χ1) is 11.8. The average Bonchev–Trinajstić information content (AvgIpc) is 3.13. The Morgan fingerprint density at radius 3 is 2.96 bits per heavy atom. The largest absolute Gasteiger partial charge is 0.399 e. The molecule has 0 spiro atoms. The molecule has 0 unspecified atom stereocenters. The van der Waals surface area contributed by atoms with Crippen LogP contribution in [0, 0.1) is 0 Å². The molecule has 0 aromatic carbocycles. The Morgan fingerprint density at radius 2 is 2.12 bits per heavy atom. The number of rotatable bonds is 3. The molecule has 0 bridgehead atoms. The number of hydrogen-bond acceptors (Lipinski definition) is 5. The van der Waals surface area contributed by atoms with Gasteiger partial charge >= 0.3 is 0 Å². The maximum atomic E-state index is 4.97. The monoisotopic (exact) mass is 319 g/mol. The van der Waals surface area contributed by atoms with Crippen LogP contribution in [0.2, 0.25) is 0 Å². The molecule has 0 radical (unpaired) electrons. The Balaban J connectivity index is 1.72. The topological polar surface area (TPSA) is 65.2 Å². The van der Waals surface area contributed by atoms with Crippen LogP contribution in [0.3, 0.4) is 0 Å². The number of aryl methyl sites for hydroxylation is 1. The predicted octanol–water partition coefficient (Wildman–Crippen LogP) is 3.02. The quantitative estimate of drug-likeness (QED) is 0.696. The number of fused-ring (bicyclic) bond motifs is 1. The van der Waals surface area contributed by atoms with E-state index in [4.69, 9.17) is 9.82 Å². The van der Waals surface area contributed by atoms with Crippen molar-refractivity contribution in [2.24, 2.45) is 5.16 Å². The van der Waals surface area contributed by atoms with Crippen molar-refractivity contribution in [1.82, 2.24) is 19.7 Å². The second-order valence-electron chi connectivity index (χ2n) is 5.66. The zero-order valence-corrected chi connectivity index (χ0v) is 13.4. The third-order valence-corrected chi connectivity index (χ3v) is 4.10. The summed E-state index contributed by atoms with van der Waals surface area (Å²) in [6.07, 6.45) is 10.3. The van der Waals surface area contributed by atoms with Crippen LogP contribution in [-0.2, 0) is 11.3 Å². The molecule has 6 nitrogen and oxygen atoms in total. The maximum absolute atomic E-state index is 4.97. The number of hydrogen-bond donors (Lipinski definition) is 0. The molecule has 0 amide bonds. The molecular formula is C18H17N5O. The van der Waals surface area contributed by atoms with Crippen molar-refractivity contribution in [3.8, 4) is 16.9 Å². The summed E-state index contributed by atoms with van der Waals surface area (Å²) in [5, 5.41) is 8.55. The van der Waals surface area contributed by atoms with Gasteiger partial charge < -0.3 is 4.84 Å². The second kappa shape index (κ2) is 6.23. The smallest absolute Gasteiger partial charge is 0.106 e. The van der Waals surface area contributed by atoms with E-state index in [1.165, 1.54) is 5.56 Å². The summed E-state index contributed by atoms with van der Waals surface area (Å²) in [7, 11) is 1.57. The van der Waals surface area contributed by atoms with Crippen molar-refractivity contribution in [3.63, 3.8) is 0 Å². The molecule has 0 fully saturated rings. The van der Waals surface area contributed by atoms with Crippen LogP contribution in [0.4, 0.5) is 0 Å². The Morgan fingerprint density at radius 1 is 1.17 bits per heavy atom. The number of pyridine rings is 2. The van der Waals surface area contributed by atoms with Gasteiger partial charge in [0.15, 0.2) is 0 Å². The minimum Gasteiger partial charge on any atom is -0.399 e. The average molecular weight is 319 g/mol. The standard InChI is InChI=1S/C18H17N5O/c1-24-22-17-6-2-4-13-7-8-16(21-18(13)17)14-10-20-23(12-14)15-5-3-9-19-11-15/h3,5,7-12H,2,4,6H2,1H3/b22-17+. The predicted molar refractivity (Wildman–Crippen MR) is 91.1 cm³/mol. The molecule has 3 heterocycles. The fraction of sp³-hybridized carbons (Fsp3) is 0.222. The Labute approximate surface area is 139 Å². The van der Waals surface area contributed by atoms with E-state index < -0.39 is 0 Å². The highest BCUT2D eigenvalue weighted by atomic mass is 16.6. The number of nitrogens with zero attached hydrogens (tertiary/aromatic N) is 5. The van der Waals surface area contributed by atoms with Crippen LogP contribution in [-0.4, -0.2) is 32.6 Å². The van der Waals surface area contributed by atoms with Crippen LogP contribution in [0.1, 0.15) is 24.1 Å². The lowest BCUT2D eigenvalue weighted by atomic mass is 9.94. The van der Waals surface area contributed by atoms with Crippen LogP contribution < -0.4 is 0 Å². The normalized spacial score (nSPS) is 15.3. The van der Waals surface area contributed by atoms with Gasteiger partial charge in [0, 0.05) is 18.0 Å². The van der Waals surface area contributed by atoms with Gasteiger partial charge in [-0.3, -0.25) is 4.98 Å². The van der Waals surface area contributed by atoms with Crippen LogP contribution in [0.25, 0.3) is 16.9 Å².